The van der Waals surface area contributed by atoms with E-state index in [1.807, 2.05) is 0 Å². The first-order valence-electron chi connectivity index (χ1n) is 9.27. The number of halogens is 2. The molecule has 0 aromatic heterocycles. The zero-order chi connectivity index (χ0) is 24.0. The van der Waals surface area contributed by atoms with Gasteiger partial charge in [-0.2, -0.15) is 5.10 Å². The van der Waals surface area contributed by atoms with Crippen LogP contribution in [-0.2, 0) is 14.8 Å². The summed E-state index contributed by atoms with van der Waals surface area (Å²) in [5, 5.41) is 15.0. The van der Waals surface area contributed by atoms with Crippen LogP contribution in [0.2, 0.25) is 10.0 Å². The van der Waals surface area contributed by atoms with Gasteiger partial charge in [0.25, 0.3) is 21.6 Å². The Morgan fingerprint density at radius 1 is 1.03 bits per heavy atom. The Labute approximate surface area is 199 Å². The van der Waals surface area contributed by atoms with Crippen molar-refractivity contribution in [1.82, 2.24) is 5.43 Å². The third-order valence-corrected chi connectivity index (χ3v) is 6.82. The lowest BCUT2D eigenvalue weighted by atomic mass is 10.2. The third-order valence-electron chi connectivity index (χ3n) is 4.29. The summed E-state index contributed by atoms with van der Waals surface area (Å²) in [6.45, 7) is -0.610. The highest BCUT2D eigenvalue weighted by molar-refractivity contribution is 7.92. The van der Waals surface area contributed by atoms with Gasteiger partial charge in [0.1, 0.15) is 6.54 Å². The van der Waals surface area contributed by atoms with Gasteiger partial charge in [-0.25, -0.2) is 13.8 Å². The number of rotatable bonds is 8. The van der Waals surface area contributed by atoms with Crippen molar-refractivity contribution < 1.29 is 18.1 Å². The van der Waals surface area contributed by atoms with Gasteiger partial charge in [-0.3, -0.25) is 19.2 Å². The molecule has 0 heterocycles. The molecule has 0 aliphatic heterocycles. The van der Waals surface area contributed by atoms with Crippen LogP contribution in [0.4, 0.5) is 11.4 Å². The fourth-order valence-electron chi connectivity index (χ4n) is 2.74. The monoisotopic (exact) mass is 506 g/mol. The largest absolute Gasteiger partial charge is 0.271 e. The van der Waals surface area contributed by atoms with Gasteiger partial charge in [0.15, 0.2) is 0 Å². The fraction of sp³-hybridized carbons (Fsp3) is 0.0476. The van der Waals surface area contributed by atoms with Crippen LogP contribution in [0.15, 0.2) is 82.8 Å². The molecule has 0 aliphatic rings. The molecule has 0 radical (unpaired) electrons. The molecule has 0 atom stereocenters. The van der Waals surface area contributed by atoms with E-state index in [0.717, 1.165) is 4.31 Å². The van der Waals surface area contributed by atoms with Gasteiger partial charge in [-0.05, 0) is 30.3 Å². The lowest BCUT2D eigenvalue weighted by molar-refractivity contribution is -0.384. The van der Waals surface area contributed by atoms with Crippen molar-refractivity contribution >= 4 is 56.7 Å². The number of amides is 1. The number of hydrazone groups is 1. The number of benzene rings is 3. The van der Waals surface area contributed by atoms with Crippen molar-refractivity contribution in [3.05, 3.63) is 98.5 Å². The maximum atomic E-state index is 13.2. The predicted molar refractivity (Wildman–Crippen MR) is 126 cm³/mol. The van der Waals surface area contributed by atoms with E-state index in [1.54, 1.807) is 24.3 Å². The highest BCUT2D eigenvalue weighted by Crippen LogP contribution is 2.30. The van der Waals surface area contributed by atoms with Gasteiger partial charge in [0.05, 0.1) is 31.8 Å². The molecule has 0 saturated heterocycles. The second-order valence-corrected chi connectivity index (χ2v) is 9.25. The minimum Gasteiger partial charge on any atom is -0.271 e. The van der Waals surface area contributed by atoms with Crippen LogP contribution in [0.3, 0.4) is 0 Å². The van der Waals surface area contributed by atoms with Crippen LogP contribution in [-0.4, -0.2) is 32.0 Å². The molecular formula is C21H16Cl2N4O5S. The summed E-state index contributed by atoms with van der Waals surface area (Å²) in [6.07, 6.45) is 1.21. The number of hydrogen-bond acceptors (Lipinski definition) is 6. The van der Waals surface area contributed by atoms with Crippen molar-refractivity contribution in [2.75, 3.05) is 10.8 Å². The van der Waals surface area contributed by atoms with Crippen LogP contribution in [0.5, 0.6) is 0 Å². The Hall–Kier alpha value is -3.47. The van der Waals surface area contributed by atoms with E-state index in [-0.39, 0.29) is 26.3 Å². The summed E-state index contributed by atoms with van der Waals surface area (Å²) in [6, 6.07) is 17.4. The number of carbonyl (C=O) groups is 1. The minimum absolute atomic E-state index is 0.0241. The van der Waals surface area contributed by atoms with Crippen LogP contribution >= 0.6 is 23.2 Å². The summed E-state index contributed by atoms with van der Waals surface area (Å²) >= 11 is 12.0. The molecule has 1 amide bonds. The number of sulfonamides is 1. The van der Waals surface area contributed by atoms with Crippen molar-refractivity contribution in [3.8, 4) is 0 Å². The first-order valence-corrected chi connectivity index (χ1v) is 11.5. The van der Waals surface area contributed by atoms with Gasteiger partial charge in [-0.15, -0.1) is 0 Å². The summed E-state index contributed by atoms with van der Waals surface area (Å²) in [5.41, 5.74) is 2.60. The lowest BCUT2D eigenvalue weighted by Crippen LogP contribution is -2.39. The number of nitro benzene ring substituents is 1. The van der Waals surface area contributed by atoms with Crippen LogP contribution in [0.1, 0.15) is 5.56 Å². The number of nitrogens with zero attached hydrogens (tertiary/aromatic N) is 3. The van der Waals surface area contributed by atoms with E-state index in [4.69, 9.17) is 23.2 Å². The molecule has 0 bridgehead atoms. The second kappa shape index (κ2) is 10.4. The van der Waals surface area contributed by atoms with Gasteiger partial charge in [0, 0.05) is 17.7 Å². The number of anilines is 1. The van der Waals surface area contributed by atoms with Crippen LogP contribution in [0.25, 0.3) is 0 Å². The average molecular weight is 507 g/mol. The van der Waals surface area contributed by atoms with Crippen molar-refractivity contribution in [2.45, 2.75) is 4.90 Å². The van der Waals surface area contributed by atoms with Gasteiger partial charge in [0.2, 0.25) is 0 Å². The number of hydrogen-bond donors (Lipinski definition) is 1. The molecule has 0 saturated carbocycles. The third kappa shape index (κ3) is 6.07. The summed E-state index contributed by atoms with van der Waals surface area (Å²) in [7, 11) is -4.13. The standard InChI is InChI=1S/C21H16Cl2N4O5S/c22-19-10-9-16(12-20(19)23)26(33(31,32)18-7-2-1-3-8-18)14-21(28)25-24-13-15-5-4-6-17(11-15)27(29)30/h1-13H,14H2,(H,25,28)/b24-13-. The van der Waals surface area contributed by atoms with Gasteiger partial charge < -0.3 is 0 Å². The molecule has 3 aromatic carbocycles. The predicted octanol–water partition coefficient (Wildman–Crippen LogP) is 4.25. The zero-order valence-electron chi connectivity index (χ0n) is 16.8. The lowest BCUT2D eigenvalue weighted by Gasteiger charge is -2.24. The Kier molecular flexibility index (Phi) is 7.64. The molecule has 3 rings (SSSR count). The molecule has 33 heavy (non-hydrogen) atoms. The van der Waals surface area contributed by atoms with E-state index in [2.05, 4.69) is 10.5 Å². The molecule has 3 aromatic rings. The first kappa shape index (κ1) is 24.2. The summed E-state index contributed by atoms with van der Waals surface area (Å²) in [4.78, 5) is 22.8. The molecule has 0 spiro atoms. The Bertz CT molecular complexity index is 1320. The molecular weight excluding hydrogens is 491 g/mol. The van der Waals surface area contributed by atoms with E-state index >= 15 is 0 Å². The number of carbonyl (C=O) groups excluding carboxylic acids is 1. The normalized spacial score (nSPS) is 11.3. The molecule has 12 heteroatoms. The maximum absolute atomic E-state index is 13.2. The molecule has 1 N–H and O–H groups in total. The van der Waals surface area contributed by atoms with Crippen LogP contribution in [0, 0.1) is 10.1 Å². The fourth-order valence-corrected chi connectivity index (χ4v) is 4.46. The number of nitrogens with one attached hydrogen (secondary N) is 1. The maximum Gasteiger partial charge on any atom is 0.270 e. The molecule has 9 nitrogen and oxygen atoms in total. The summed E-state index contributed by atoms with van der Waals surface area (Å²) < 4.78 is 27.3. The van der Waals surface area contributed by atoms with Crippen LogP contribution < -0.4 is 9.73 Å². The molecule has 0 fully saturated rings. The second-order valence-electron chi connectivity index (χ2n) is 6.57. The topological polar surface area (TPSA) is 122 Å². The van der Waals surface area contributed by atoms with E-state index in [0.29, 0.717) is 5.56 Å². The Balaban J connectivity index is 1.84. The van der Waals surface area contributed by atoms with Gasteiger partial charge in [-0.1, -0.05) is 53.5 Å². The highest BCUT2D eigenvalue weighted by Gasteiger charge is 2.27. The minimum atomic E-state index is -4.13. The van der Waals surface area contributed by atoms with Crippen molar-refractivity contribution in [2.24, 2.45) is 5.10 Å². The zero-order valence-corrected chi connectivity index (χ0v) is 19.1. The number of nitro groups is 1. The number of non-ortho nitro benzene ring substituents is 1. The molecule has 0 unspecified atom stereocenters. The Morgan fingerprint density at radius 3 is 2.42 bits per heavy atom. The van der Waals surface area contributed by atoms with Crippen molar-refractivity contribution in [1.29, 1.82) is 0 Å². The highest BCUT2D eigenvalue weighted by atomic mass is 35.5. The van der Waals surface area contributed by atoms with Gasteiger partial charge >= 0.3 is 0 Å². The van der Waals surface area contributed by atoms with Crippen molar-refractivity contribution in [3.63, 3.8) is 0 Å². The van der Waals surface area contributed by atoms with E-state index in [9.17, 15) is 23.3 Å². The average Bonchev–Trinajstić information content (AvgIpc) is 2.80. The smallest absolute Gasteiger partial charge is 0.270 e. The quantitative estimate of drug-likeness (QED) is 0.278. The van der Waals surface area contributed by atoms with E-state index in [1.165, 1.54) is 54.7 Å². The molecule has 0 aliphatic carbocycles. The Morgan fingerprint density at radius 2 is 1.76 bits per heavy atom. The van der Waals surface area contributed by atoms with E-state index < -0.39 is 27.4 Å². The molecule has 170 valence electrons. The summed E-state index contributed by atoms with van der Waals surface area (Å²) in [5.74, 6) is -0.748. The first-order chi connectivity index (χ1) is 15.7. The SMILES string of the molecule is O=C(CN(c1ccc(Cl)c(Cl)c1)S(=O)(=O)c1ccccc1)N/N=C\c1cccc([N+](=O)[O-])c1.